The maximum atomic E-state index is 12.9. The van der Waals surface area contributed by atoms with Gasteiger partial charge in [-0.25, -0.2) is 8.96 Å². The first-order valence-corrected chi connectivity index (χ1v) is 10.1. The molecular formula is C13H11Br2N3O2S2. The zero-order valence-corrected chi connectivity index (χ0v) is 16.0. The standard InChI is InChI=1S/C13H11Br2N3O2S2/c14-10-6-11(21-12(10)15)22(19,20)18-7-8(3-4-16)9-2-1-5-17-13(9)18/h1-2,5-7H,3-4,16H2. The highest BCUT2D eigenvalue weighted by Crippen LogP contribution is 2.36. The van der Waals surface area contributed by atoms with Crippen LogP contribution in [0.3, 0.4) is 0 Å². The first-order chi connectivity index (χ1) is 10.4. The molecule has 5 nitrogen and oxygen atoms in total. The summed E-state index contributed by atoms with van der Waals surface area (Å²) in [7, 11) is -3.69. The van der Waals surface area contributed by atoms with Crippen molar-refractivity contribution in [1.29, 1.82) is 0 Å². The van der Waals surface area contributed by atoms with Crippen LogP contribution in [0.2, 0.25) is 0 Å². The van der Waals surface area contributed by atoms with E-state index in [1.54, 1.807) is 24.5 Å². The summed E-state index contributed by atoms with van der Waals surface area (Å²) in [5, 5.41) is 0.811. The number of nitrogens with zero attached hydrogens (tertiary/aromatic N) is 2. The van der Waals surface area contributed by atoms with Crippen molar-refractivity contribution in [2.45, 2.75) is 10.6 Å². The Hall–Kier alpha value is -0.740. The van der Waals surface area contributed by atoms with E-state index in [2.05, 4.69) is 36.8 Å². The molecule has 0 atom stereocenters. The average Bonchev–Trinajstić information content (AvgIpc) is 3.02. The second-order valence-electron chi connectivity index (χ2n) is 4.56. The molecule has 3 heterocycles. The summed E-state index contributed by atoms with van der Waals surface area (Å²) in [5.41, 5.74) is 6.92. The molecule has 22 heavy (non-hydrogen) atoms. The molecule has 3 aromatic heterocycles. The van der Waals surface area contributed by atoms with Crippen LogP contribution < -0.4 is 5.73 Å². The molecule has 0 fully saturated rings. The highest BCUT2D eigenvalue weighted by atomic mass is 79.9. The van der Waals surface area contributed by atoms with Gasteiger partial charge in [-0.15, -0.1) is 11.3 Å². The average molecular weight is 465 g/mol. The van der Waals surface area contributed by atoms with Crippen molar-refractivity contribution in [3.63, 3.8) is 0 Å². The molecule has 0 aliphatic heterocycles. The van der Waals surface area contributed by atoms with E-state index in [0.29, 0.717) is 23.1 Å². The van der Waals surface area contributed by atoms with Crippen LogP contribution in [-0.2, 0) is 16.4 Å². The number of pyridine rings is 1. The molecule has 0 spiro atoms. The third-order valence-electron chi connectivity index (χ3n) is 3.16. The van der Waals surface area contributed by atoms with Crippen molar-refractivity contribution in [3.05, 3.63) is 44.4 Å². The second kappa shape index (κ2) is 6.04. The predicted molar refractivity (Wildman–Crippen MR) is 94.8 cm³/mol. The summed E-state index contributed by atoms with van der Waals surface area (Å²) in [5.74, 6) is 0. The topological polar surface area (TPSA) is 78.0 Å². The van der Waals surface area contributed by atoms with E-state index < -0.39 is 10.0 Å². The molecule has 0 aliphatic rings. The number of thiophene rings is 1. The van der Waals surface area contributed by atoms with Crippen LogP contribution in [0.5, 0.6) is 0 Å². The highest BCUT2D eigenvalue weighted by Gasteiger charge is 2.24. The van der Waals surface area contributed by atoms with Crippen LogP contribution in [-0.4, -0.2) is 23.9 Å². The van der Waals surface area contributed by atoms with E-state index in [-0.39, 0.29) is 4.21 Å². The third kappa shape index (κ3) is 2.65. The normalized spacial score (nSPS) is 12.1. The summed E-state index contributed by atoms with van der Waals surface area (Å²) in [6.45, 7) is 0.449. The molecule has 0 saturated carbocycles. The highest BCUT2D eigenvalue weighted by molar-refractivity contribution is 9.13. The molecule has 3 aromatic rings. The van der Waals surface area contributed by atoms with Crippen LogP contribution in [0, 0.1) is 0 Å². The first-order valence-electron chi connectivity index (χ1n) is 6.30. The Labute approximate surface area is 148 Å². The number of hydrogen-bond donors (Lipinski definition) is 1. The fraction of sp³-hybridized carbons (Fsp3) is 0.154. The predicted octanol–water partition coefficient (Wildman–Crippen LogP) is 3.36. The van der Waals surface area contributed by atoms with Crippen molar-refractivity contribution >= 4 is 64.3 Å². The van der Waals surface area contributed by atoms with Gasteiger partial charge in [-0.3, -0.25) is 0 Å². The number of hydrogen-bond acceptors (Lipinski definition) is 5. The Morgan fingerprint density at radius 2 is 2.14 bits per heavy atom. The van der Waals surface area contributed by atoms with Gasteiger partial charge < -0.3 is 5.73 Å². The van der Waals surface area contributed by atoms with Crippen LogP contribution in [0.4, 0.5) is 0 Å². The molecule has 2 N–H and O–H groups in total. The van der Waals surface area contributed by atoms with Gasteiger partial charge in [0.25, 0.3) is 10.0 Å². The van der Waals surface area contributed by atoms with Gasteiger partial charge in [-0.2, -0.15) is 8.42 Å². The summed E-state index contributed by atoms with van der Waals surface area (Å²) >= 11 is 7.80. The van der Waals surface area contributed by atoms with Crippen molar-refractivity contribution < 1.29 is 8.42 Å². The van der Waals surface area contributed by atoms with E-state index >= 15 is 0 Å². The zero-order chi connectivity index (χ0) is 15.9. The Morgan fingerprint density at radius 1 is 1.36 bits per heavy atom. The summed E-state index contributed by atoms with van der Waals surface area (Å²) in [4.78, 5) is 4.23. The maximum absolute atomic E-state index is 12.9. The monoisotopic (exact) mass is 463 g/mol. The molecule has 0 bridgehead atoms. The lowest BCUT2D eigenvalue weighted by Crippen LogP contribution is -2.11. The van der Waals surface area contributed by atoms with Crippen LogP contribution in [0.1, 0.15) is 5.56 Å². The third-order valence-corrected chi connectivity index (χ3v) is 8.52. The van der Waals surface area contributed by atoms with Gasteiger partial charge in [0.2, 0.25) is 0 Å². The Kier molecular flexibility index (Phi) is 4.43. The number of halogens is 2. The van der Waals surface area contributed by atoms with Crippen molar-refractivity contribution in [1.82, 2.24) is 8.96 Å². The Morgan fingerprint density at radius 3 is 2.77 bits per heavy atom. The SMILES string of the molecule is NCCc1cn(S(=O)(=O)c2cc(Br)c(Br)s2)c2ncccc12. The molecule has 3 rings (SSSR count). The summed E-state index contributed by atoms with van der Waals surface area (Å²) in [6.07, 6.45) is 3.80. The maximum Gasteiger partial charge on any atom is 0.278 e. The summed E-state index contributed by atoms with van der Waals surface area (Å²) < 4.78 is 28.7. The number of aromatic nitrogens is 2. The van der Waals surface area contributed by atoms with E-state index in [1.165, 1.54) is 3.97 Å². The van der Waals surface area contributed by atoms with Crippen molar-refractivity contribution in [2.24, 2.45) is 5.73 Å². The number of rotatable bonds is 4. The lowest BCUT2D eigenvalue weighted by atomic mass is 10.2. The van der Waals surface area contributed by atoms with Gasteiger partial charge in [-0.1, -0.05) is 0 Å². The van der Waals surface area contributed by atoms with Crippen molar-refractivity contribution in [3.8, 4) is 0 Å². The van der Waals surface area contributed by atoms with Gasteiger partial charge in [0.15, 0.2) is 5.65 Å². The molecule has 0 aliphatic carbocycles. The number of nitrogens with two attached hydrogens (primary N) is 1. The quantitative estimate of drug-likeness (QED) is 0.642. The van der Waals surface area contributed by atoms with E-state index in [0.717, 1.165) is 26.1 Å². The lowest BCUT2D eigenvalue weighted by molar-refractivity contribution is 0.590. The molecule has 0 amide bonds. The molecular weight excluding hydrogens is 454 g/mol. The molecule has 0 aromatic carbocycles. The molecule has 0 saturated heterocycles. The Balaban J connectivity index is 2.25. The van der Waals surface area contributed by atoms with Gasteiger partial charge in [-0.05, 0) is 68.6 Å². The van der Waals surface area contributed by atoms with E-state index in [4.69, 9.17) is 5.73 Å². The molecule has 0 radical (unpaired) electrons. The lowest BCUT2D eigenvalue weighted by Gasteiger charge is -2.03. The van der Waals surface area contributed by atoms with Gasteiger partial charge in [0, 0.05) is 22.3 Å². The Bertz CT molecular complexity index is 928. The molecule has 116 valence electrons. The molecule has 9 heteroatoms. The second-order valence-corrected chi connectivity index (χ2v) is 9.82. The van der Waals surface area contributed by atoms with Crippen LogP contribution >= 0.6 is 43.2 Å². The fourth-order valence-electron chi connectivity index (χ4n) is 2.18. The minimum atomic E-state index is -3.69. The van der Waals surface area contributed by atoms with Gasteiger partial charge in [0.1, 0.15) is 4.21 Å². The fourth-order valence-corrected chi connectivity index (χ4v) is 6.44. The largest absolute Gasteiger partial charge is 0.330 e. The summed E-state index contributed by atoms with van der Waals surface area (Å²) in [6, 6.07) is 5.23. The van der Waals surface area contributed by atoms with E-state index in [1.807, 2.05) is 6.07 Å². The smallest absolute Gasteiger partial charge is 0.278 e. The van der Waals surface area contributed by atoms with Crippen LogP contribution in [0.25, 0.3) is 11.0 Å². The molecule has 0 unspecified atom stereocenters. The van der Waals surface area contributed by atoms with Gasteiger partial charge in [0.05, 0.1) is 3.79 Å². The zero-order valence-electron chi connectivity index (χ0n) is 11.2. The minimum absolute atomic E-state index is 0.244. The van der Waals surface area contributed by atoms with Crippen molar-refractivity contribution in [2.75, 3.05) is 6.54 Å². The van der Waals surface area contributed by atoms with Crippen LogP contribution in [0.15, 0.2) is 43.1 Å². The first kappa shape index (κ1) is 16.1. The van der Waals surface area contributed by atoms with E-state index in [9.17, 15) is 8.42 Å². The van der Waals surface area contributed by atoms with Gasteiger partial charge >= 0.3 is 0 Å². The number of fused-ring (bicyclic) bond motifs is 1. The minimum Gasteiger partial charge on any atom is -0.330 e.